The largest absolute Gasteiger partial charge is 0.460 e. The third-order valence-electron chi connectivity index (χ3n) is 16.1. The van der Waals surface area contributed by atoms with Gasteiger partial charge in [0.25, 0.3) is 20.1 Å². The van der Waals surface area contributed by atoms with Gasteiger partial charge >= 0.3 is 0 Å². The molecule has 0 saturated carbocycles. The molecule has 12 heteroatoms. The maximum absolute atomic E-state index is 10.6. The van der Waals surface area contributed by atoms with Gasteiger partial charge in [0.2, 0.25) is 0 Å². The molecule has 14 rings (SSSR count). The lowest BCUT2D eigenvalue weighted by atomic mass is 9.30. The number of benzene rings is 8. The van der Waals surface area contributed by atoms with E-state index in [1.165, 1.54) is 16.7 Å². The number of ether oxygens (including phenoxy) is 5. The molecule has 0 amide bonds. The van der Waals surface area contributed by atoms with Gasteiger partial charge in [-0.2, -0.15) is 10.5 Å². The van der Waals surface area contributed by atoms with Crippen LogP contribution in [0.5, 0.6) is 57.5 Å². The summed E-state index contributed by atoms with van der Waals surface area (Å²) in [5.74, 6) is 6.25. The molecule has 0 aromatic heterocycles. The molecule has 0 saturated heterocycles. The lowest BCUT2D eigenvalue weighted by Gasteiger charge is -2.42. The predicted molar refractivity (Wildman–Crippen MR) is 299 cm³/mol. The molecule has 0 fully saturated rings. The highest BCUT2D eigenvalue weighted by Gasteiger charge is 2.49. The Kier molecular flexibility index (Phi) is 9.07. The maximum Gasteiger partial charge on any atom is 0.260 e. The van der Waals surface area contributed by atoms with Gasteiger partial charge in [0.1, 0.15) is 57.5 Å². The lowest BCUT2D eigenvalue weighted by Crippen LogP contribution is -2.64. The van der Waals surface area contributed by atoms with Crippen LogP contribution in [0.4, 0.5) is 22.7 Å². The van der Waals surface area contributed by atoms with Crippen molar-refractivity contribution in [2.45, 2.75) is 78.6 Å². The molecule has 358 valence electrons. The predicted octanol–water partition coefficient (Wildman–Crippen LogP) is 9.73. The third-order valence-corrected chi connectivity index (χ3v) is 16.1. The molecule has 0 N–H and O–H groups in total. The average molecular weight is 973 g/mol. The lowest BCUT2D eigenvalue weighted by molar-refractivity contribution is 0.452. The molecule has 0 aliphatic carbocycles. The topological polar surface area (TPSA) is 101 Å². The molecule has 75 heavy (non-hydrogen) atoms. The molecule has 0 bridgehead atoms. The van der Waals surface area contributed by atoms with E-state index in [0.717, 1.165) is 77.7 Å². The number of nitriles is 2. The summed E-state index contributed by atoms with van der Waals surface area (Å²) in [6.07, 6.45) is 0. The zero-order valence-corrected chi connectivity index (χ0v) is 43.1. The summed E-state index contributed by atoms with van der Waals surface area (Å²) in [7, 11) is 0. The molecule has 8 aromatic rings. The van der Waals surface area contributed by atoms with Crippen LogP contribution in [0.3, 0.4) is 0 Å². The third kappa shape index (κ3) is 6.57. The van der Waals surface area contributed by atoms with E-state index in [0.29, 0.717) is 62.8 Å². The summed E-state index contributed by atoms with van der Waals surface area (Å²) in [6, 6.07) is 46.3. The highest BCUT2D eigenvalue weighted by molar-refractivity contribution is 7.02. The summed E-state index contributed by atoms with van der Waals surface area (Å²) in [4.78, 5) is 6.05. The summed E-state index contributed by atoms with van der Waals surface area (Å²) in [5.41, 5.74) is 15.9. The summed E-state index contributed by atoms with van der Waals surface area (Å²) in [6.45, 7) is 27.0. The highest BCUT2D eigenvalue weighted by atomic mass is 16.5. The zero-order chi connectivity index (χ0) is 51.8. The molecule has 6 aliphatic rings. The van der Waals surface area contributed by atoms with Crippen molar-refractivity contribution in [3.05, 3.63) is 161 Å². The van der Waals surface area contributed by atoms with E-state index in [-0.39, 0.29) is 29.7 Å². The molecule has 9 nitrogen and oxygen atoms in total. The molecule has 0 unspecified atom stereocenters. The second-order valence-corrected chi connectivity index (χ2v) is 23.8. The first-order chi connectivity index (χ1) is 35.9. The SMILES string of the molecule is [C-]#[N+]c1cc2c3c(c1)Oc1cc4c(cc1B3c1cc(C(C)(C)C)ccc1O2)B1c2cc3c(cc2Oc2cc(C#N)cc(c21)O4)N(c1ccc(C(C)(C)C)cc1)c1cc(C#N)cc2c1B3c1cc(C(C)(C)C)ccc1O2. The van der Waals surface area contributed by atoms with Crippen molar-refractivity contribution in [1.82, 2.24) is 0 Å². The van der Waals surface area contributed by atoms with E-state index in [9.17, 15) is 10.5 Å². The molecule has 0 atom stereocenters. The van der Waals surface area contributed by atoms with Crippen LogP contribution in [-0.4, -0.2) is 20.1 Å². The number of hydrogen-bond donors (Lipinski definition) is 0. The molecule has 0 spiro atoms. The van der Waals surface area contributed by atoms with Gasteiger partial charge in [0, 0.05) is 40.1 Å². The van der Waals surface area contributed by atoms with Crippen LogP contribution >= 0.6 is 0 Å². The Morgan fingerprint density at radius 1 is 0.400 bits per heavy atom. The Morgan fingerprint density at radius 3 is 1.28 bits per heavy atom. The minimum absolute atomic E-state index is 0.0738. The fraction of sp³-hybridized carbons (Fsp3) is 0.190. The van der Waals surface area contributed by atoms with E-state index in [2.05, 4.69) is 163 Å². The maximum atomic E-state index is 10.6. The molecule has 6 aliphatic heterocycles. The van der Waals surface area contributed by atoms with Gasteiger partial charge in [0.15, 0.2) is 5.69 Å². The van der Waals surface area contributed by atoms with Crippen molar-refractivity contribution in [1.29, 1.82) is 10.5 Å². The Labute approximate surface area is 437 Å². The van der Waals surface area contributed by atoms with Gasteiger partial charge in [0.05, 0.1) is 29.8 Å². The van der Waals surface area contributed by atoms with Gasteiger partial charge in [-0.15, -0.1) is 0 Å². The number of nitrogens with zero attached hydrogens (tertiary/aromatic N) is 4. The van der Waals surface area contributed by atoms with Crippen LogP contribution in [-0.2, 0) is 16.2 Å². The zero-order valence-electron chi connectivity index (χ0n) is 43.1. The smallest absolute Gasteiger partial charge is 0.260 e. The van der Waals surface area contributed by atoms with Gasteiger partial charge in [-0.25, -0.2) is 4.85 Å². The van der Waals surface area contributed by atoms with Gasteiger partial charge in [-0.05, 0) is 132 Å². The second-order valence-electron chi connectivity index (χ2n) is 23.8. The molecular weight excluding hydrogens is 925 g/mol. The van der Waals surface area contributed by atoms with E-state index < -0.39 is 6.71 Å². The molecule has 6 heterocycles. The summed E-state index contributed by atoms with van der Waals surface area (Å²) < 4.78 is 34.4. The standard InChI is InChI=1S/C63H47B3N4O5/c1-61(2,3)35-11-15-39(16-12-35)70-46-29-50-43(27-40(46)64-41-23-36(62(4,5)6)13-17-48(41)71-53-20-33(31-67)19-47(70)58(53)64)66-45-28-44-52(30-51(45)74-55-22-34(32-68)21-54(73-50)59(55)66)75-57-26-38(69-10)25-56-60(57)65(44)42-24-37(63(7,8)9)14-18-49(42)72-56/h11-30H,1-9H3. The Bertz CT molecular complexity index is 4070. The Morgan fingerprint density at radius 2 is 0.800 bits per heavy atom. The van der Waals surface area contributed by atoms with E-state index >= 15 is 0 Å². The van der Waals surface area contributed by atoms with Crippen LogP contribution < -0.4 is 77.7 Å². The molecule has 8 aromatic carbocycles. The van der Waals surface area contributed by atoms with Crippen molar-refractivity contribution in [2.24, 2.45) is 0 Å². The number of fused-ring (bicyclic) bond motifs is 12. The minimum Gasteiger partial charge on any atom is -0.460 e. The fourth-order valence-electron chi connectivity index (χ4n) is 12.2. The van der Waals surface area contributed by atoms with Crippen LogP contribution in [0.15, 0.2) is 121 Å². The second kappa shape index (κ2) is 15.2. The quantitative estimate of drug-likeness (QED) is 0.119. The molecular formula is C63H47B3N4O5. The van der Waals surface area contributed by atoms with Crippen LogP contribution in [0.2, 0.25) is 0 Å². The van der Waals surface area contributed by atoms with Crippen LogP contribution in [0.1, 0.15) is 90.1 Å². The fourth-order valence-corrected chi connectivity index (χ4v) is 12.2. The molecule has 0 radical (unpaired) electrons. The van der Waals surface area contributed by atoms with E-state index in [1.807, 2.05) is 30.3 Å². The Balaban J connectivity index is 1.04. The first-order valence-electron chi connectivity index (χ1n) is 25.5. The summed E-state index contributed by atoms with van der Waals surface area (Å²) in [5, 5.41) is 21.1. The van der Waals surface area contributed by atoms with Crippen molar-refractivity contribution in [2.75, 3.05) is 4.90 Å². The first-order valence-corrected chi connectivity index (χ1v) is 25.5. The normalized spacial score (nSPS) is 14.3. The summed E-state index contributed by atoms with van der Waals surface area (Å²) >= 11 is 0. The monoisotopic (exact) mass is 972 g/mol. The van der Waals surface area contributed by atoms with Crippen molar-refractivity contribution >= 4 is 92.1 Å². The van der Waals surface area contributed by atoms with E-state index in [4.69, 9.17) is 30.3 Å². The van der Waals surface area contributed by atoms with Gasteiger partial charge in [-0.1, -0.05) is 111 Å². The van der Waals surface area contributed by atoms with Crippen LogP contribution in [0, 0.1) is 29.2 Å². The number of rotatable bonds is 1. The Hall–Kier alpha value is -8.78. The van der Waals surface area contributed by atoms with Crippen molar-refractivity contribution < 1.29 is 23.7 Å². The van der Waals surface area contributed by atoms with Gasteiger partial charge in [-0.3, -0.25) is 0 Å². The van der Waals surface area contributed by atoms with Gasteiger partial charge < -0.3 is 28.6 Å². The number of anilines is 3. The number of hydrogen-bond acceptors (Lipinski definition) is 8. The van der Waals surface area contributed by atoms with Crippen molar-refractivity contribution in [3.8, 4) is 69.6 Å². The minimum atomic E-state index is -0.405. The highest BCUT2D eigenvalue weighted by Crippen LogP contribution is 2.46. The van der Waals surface area contributed by atoms with Crippen LogP contribution in [0.25, 0.3) is 4.85 Å². The first kappa shape index (κ1) is 44.9. The van der Waals surface area contributed by atoms with E-state index in [1.54, 1.807) is 12.1 Å². The average Bonchev–Trinajstić information content (AvgIpc) is 3.41. The van der Waals surface area contributed by atoms with Crippen molar-refractivity contribution in [3.63, 3.8) is 0 Å².